The zero-order valence-electron chi connectivity index (χ0n) is 19.7. The second-order valence-electron chi connectivity index (χ2n) is 7.86. The van der Waals surface area contributed by atoms with E-state index in [4.69, 9.17) is 22.3 Å². The number of carbonyl (C=O) groups excluding carboxylic acids is 3. The maximum absolute atomic E-state index is 13.0. The van der Waals surface area contributed by atoms with Crippen LogP contribution >= 0.6 is 0 Å². The number of carbonyl (C=O) groups is 5. The van der Waals surface area contributed by atoms with Crippen molar-refractivity contribution in [2.24, 2.45) is 22.2 Å². The molecule has 0 fully saturated rings. The van der Waals surface area contributed by atoms with Gasteiger partial charge in [-0.25, -0.2) is 4.79 Å². The number of nitrogens with two attached hydrogens (primary N) is 3. The largest absolute Gasteiger partial charge is 0.481 e. The highest BCUT2D eigenvalue weighted by molar-refractivity contribution is 5.94. The molecule has 3 amide bonds. The highest BCUT2D eigenvalue weighted by Crippen LogP contribution is 2.07. The number of benzene rings is 1. The van der Waals surface area contributed by atoms with Gasteiger partial charge in [0.15, 0.2) is 5.96 Å². The van der Waals surface area contributed by atoms with Gasteiger partial charge in [0.2, 0.25) is 17.7 Å². The van der Waals surface area contributed by atoms with Crippen molar-refractivity contribution in [3.63, 3.8) is 0 Å². The molecule has 0 heterocycles. The minimum absolute atomic E-state index is 0.00917. The molecule has 1 aromatic carbocycles. The van der Waals surface area contributed by atoms with E-state index in [1.807, 2.05) is 0 Å². The van der Waals surface area contributed by atoms with Crippen molar-refractivity contribution in [2.45, 2.75) is 50.2 Å². The summed E-state index contributed by atoms with van der Waals surface area (Å²) in [5.41, 5.74) is 16.4. The van der Waals surface area contributed by atoms with Gasteiger partial charge in [0.05, 0.1) is 6.54 Å². The molecule has 0 bridgehead atoms. The van der Waals surface area contributed by atoms with E-state index >= 15 is 0 Å². The number of hydrogen-bond donors (Lipinski definition) is 8. The normalized spacial score (nSPS) is 12.9. The van der Waals surface area contributed by atoms with Crippen LogP contribution in [-0.4, -0.2) is 77.0 Å². The fraction of sp³-hybridized carbons (Fsp3) is 0.455. The lowest BCUT2D eigenvalue weighted by molar-refractivity contribution is -0.142. The van der Waals surface area contributed by atoms with Gasteiger partial charge in [0, 0.05) is 19.4 Å². The predicted molar refractivity (Wildman–Crippen MR) is 129 cm³/mol. The van der Waals surface area contributed by atoms with E-state index < -0.39 is 60.8 Å². The molecule has 0 aromatic heterocycles. The molecule has 0 radical (unpaired) electrons. The number of carboxylic acids is 2. The van der Waals surface area contributed by atoms with Gasteiger partial charge in [0.25, 0.3) is 0 Å². The van der Waals surface area contributed by atoms with Gasteiger partial charge in [-0.1, -0.05) is 30.3 Å². The quantitative estimate of drug-likeness (QED) is 0.0671. The molecule has 198 valence electrons. The second kappa shape index (κ2) is 15.7. The summed E-state index contributed by atoms with van der Waals surface area (Å²) >= 11 is 0. The monoisotopic (exact) mass is 507 g/mol. The summed E-state index contributed by atoms with van der Waals surface area (Å²) in [6.45, 7) is -0.261. The molecular formula is C22H33N7O7. The van der Waals surface area contributed by atoms with Crippen molar-refractivity contribution < 1.29 is 34.2 Å². The van der Waals surface area contributed by atoms with Crippen LogP contribution in [0.25, 0.3) is 0 Å². The van der Waals surface area contributed by atoms with E-state index in [0.29, 0.717) is 5.56 Å². The first kappa shape index (κ1) is 29.8. The number of aliphatic carboxylic acids is 2. The highest BCUT2D eigenvalue weighted by Gasteiger charge is 2.29. The van der Waals surface area contributed by atoms with Crippen molar-refractivity contribution in [2.75, 3.05) is 13.1 Å². The Kier molecular flexibility index (Phi) is 13.0. The second-order valence-corrected chi connectivity index (χ2v) is 7.86. The molecular weight excluding hydrogens is 474 g/mol. The first-order valence-corrected chi connectivity index (χ1v) is 11.2. The number of amides is 3. The Bertz CT molecular complexity index is 936. The number of hydrogen-bond acceptors (Lipinski definition) is 7. The summed E-state index contributed by atoms with van der Waals surface area (Å²) in [5.74, 6) is -4.88. The summed E-state index contributed by atoms with van der Waals surface area (Å²) < 4.78 is 0. The van der Waals surface area contributed by atoms with E-state index in [9.17, 15) is 29.1 Å². The predicted octanol–water partition coefficient (Wildman–Crippen LogP) is -2.35. The number of guanidine groups is 1. The van der Waals surface area contributed by atoms with E-state index in [0.717, 1.165) is 0 Å². The molecule has 14 nitrogen and oxygen atoms in total. The lowest BCUT2D eigenvalue weighted by Crippen LogP contribution is -2.56. The molecule has 1 rings (SSSR count). The van der Waals surface area contributed by atoms with Gasteiger partial charge in [-0.05, 0) is 24.8 Å². The van der Waals surface area contributed by atoms with E-state index in [1.54, 1.807) is 30.3 Å². The van der Waals surface area contributed by atoms with Gasteiger partial charge < -0.3 is 43.4 Å². The van der Waals surface area contributed by atoms with Crippen LogP contribution in [0.5, 0.6) is 0 Å². The number of carboxylic acid groups (broad SMARTS) is 2. The smallest absolute Gasteiger partial charge is 0.326 e. The molecule has 14 heteroatoms. The molecule has 0 spiro atoms. The molecule has 0 aliphatic heterocycles. The Morgan fingerprint density at radius 1 is 0.861 bits per heavy atom. The van der Waals surface area contributed by atoms with Gasteiger partial charge in [0.1, 0.15) is 18.1 Å². The van der Waals surface area contributed by atoms with Crippen LogP contribution in [0.15, 0.2) is 35.3 Å². The van der Waals surface area contributed by atoms with Crippen LogP contribution in [0.3, 0.4) is 0 Å². The summed E-state index contributed by atoms with van der Waals surface area (Å²) in [4.78, 5) is 64.1. The molecule has 0 saturated heterocycles. The van der Waals surface area contributed by atoms with Crippen molar-refractivity contribution in [3.8, 4) is 0 Å². The first-order chi connectivity index (χ1) is 17.0. The Balaban J connectivity index is 3.04. The number of nitrogens with zero attached hydrogens (tertiary/aromatic N) is 1. The topological polar surface area (TPSA) is 252 Å². The molecule has 3 atom stereocenters. The molecule has 0 aliphatic rings. The van der Waals surface area contributed by atoms with E-state index in [1.165, 1.54) is 0 Å². The summed E-state index contributed by atoms with van der Waals surface area (Å²) in [5, 5.41) is 25.7. The average molecular weight is 508 g/mol. The average Bonchev–Trinajstić information content (AvgIpc) is 2.82. The minimum atomic E-state index is -1.28. The Morgan fingerprint density at radius 3 is 2.03 bits per heavy atom. The molecule has 0 saturated carbocycles. The molecule has 0 aliphatic carbocycles. The van der Waals surface area contributed by atoms with Crippen LogP contribution in [0.4, 0.5) is 0 Å². The lowest BCUT2D eigenvalue weighted by atomic mass is 10.0. The third-order valence-corrected chi connectivity index (χ3v) is 4.96. The van der Waals surface area contributed by atoms with Gasteiger partial charge in [-0.2, -0.15) is 0 Å². The Morgan fingerprint density at radius 2 is 1.47 bits per heavy atom. The van der Waals surface area contributed by atoms with Gasteiger partial charge in [-0.3, -0.25) is 24.2 Å². The van der Waals surface area contributed by atoms with Crippen molar-refractivity contribution in [3.05, 3.63) is 35.9 Å². The minimum Gasteiger partial charge on any atom is -0.481 e. The highest BCUT2D eigenvalue weighted by atomic mass is 16.4. The van der Waals surface area contributed by atoms with Gasteiger partial charge >= 0.3 is 11.9 Å². The third-order valence-electron chi connectivity index (χ3n) is 4.96. The maximum atomic E-state index is 13.0. The first-order valence-electron chi connectivity index (χ1n) is 11.2. The number of nitrogens with one attached hydrogen (secondary N) is 3. The SMILES string of the molecule is NCC(=O)NC(CCC(=O)O)C(=O)NC(Cc1ccccc1)C(=O)NC(CCCN=C(N)N)C(=O)O. The van der Waals surface area contributed by atoms with Crippen molar-refractivity contribution >= 4 is 35.6 Å². The molecule has 11 N–H and O–H groups in total. The Labute approximate surface area is 207 Å². The molecule has 36 heavy (non-hydrogen) atoms. The summed E-state index contributed by atoms with van der Waals surface area (Å²) in [7, 11) is 0. The number of aliphatic imine (C=N–C) groups is 1. The molecule has 3 unspecified atom stereocenters. The van der Waals surface area contributed by atoms with E-state index in [2.05, 4.69) is 20.9 Å². The zero-order chi connectivity index (χ0) is 27.1. The van der Waals surface area contributed by atoms with Crippen LogP contribution in [-0.2, 0) is 30.4 Å². The standard InChI is InChI=1S/C22H33N7O7/c23-12-17(30)27-14(8-9-18(31)32)19(33)29-16(11-13-5-2-1-3-6-13)20(34)28-15(21(35)36)7-4-10-26-22(24)25/h1-3,5-6,14-16H,4,7-12,23H2,(H,27,30)(H,28,34)(H,29,33)(H,31,32)(H,35,36)(H4,24,25,26). The summed E-state index contributed by atoms with van der Waals surface area (Å²) in [6, 6.07) is 4.89. The van der Waals surface area contributed by atoms with Crippen LogP contribution < -0.4 is 33.2 Å². The van der Waals surface area contributed by atoms with Crippen LogP contribution in [0.1, 0.15) is 31.2 Å². The maximum Gasteiger partial charge on any atom is 0.326 e. The van der Waals surface area contributed by atoms with Crippen molar-refractivity contribution in [1.82, 2.24) is 16.0 Å². The van der Waals surface area contributed by atoms with Crippen molar-refractivity contribution in [1.29, 1.82) is 0 Å². The fourth-order valence-corrected chi connectivity index (χ4v) is 3.15. The fourth-order valence-electron chi connectivity index (χ4n) is 3.15. The van der Waals surface area contributed by atoms with Gasteiger partial charge in [-0.15, -0.1) is 0 Å². The van der Waals surface area contributed by atoms with Crippen LogP contribution in [0.2, 0.25) is 0 Å². The van der Waals surface area contributed by atoms with Crippen LogP contribution in [0, 0.1) is 0 Å². The zero-order valence-corrected chi connectivity index (χ0v) is 19.7. The molecule has 1 aromatic rings. The lowest BCUT2D eigenvalue weighted by Gasteiger charge is -2.24. The number of rotatable bonds is 16. The summed E-state index contributed by atoms with van der Waals surface area (Å²) in [6.07, 6.45) is -0.357. The van der Waals surface area contributed by atoms with E-state index in [-0.39, 0.29) is 38.2 Å². The third kappa shape index (κ3) is 11.8. The Hall–Kier alpha value is -4.20.